The SMILES string of the molecule is CCOc1c(OC)cccc1[C@@H]1CN2C(=O)CN(Cc3ccc(C)cc3)C(=O)[C@]2(C)c2[nH]c3ccccc3c21. The number of fused-ring (bicyclic) bond motifs is 5. The van der Waals surface area contributed by atoms with Gasteiger partial charge in [-0.1, -0.05) is 60.2 Å². The molecule has 200 valence electrons. The second kappa shape index (κ2) is 9.49. The molecule has 0 aliphatic carbocycles. The van der Waals surface area contributed by atoms with Crippen molar-refractivity contribution in [2.24, 2.45) is 0 Å². The molecular weight excluding hydrogens is 490 g/mol. The lowest BCUT2D eigenvalue weighted by molar-refractivity contribution is -0.166. The third kappa shape index (κ3) is 3.87. The first-order valence-corrected chi connectivity index (χ1v) is 13.4. The number of para-hydroxylation sites is 2. The molecule has 7 heteroatoms. The van der Waals surface area contributed by atoms with E-state index in [0.29, 0.717) is 31.2 Å². The number of carbonyl (C=O) groups excluding carboxylic acids is 2. The highest BCUT2D eigenvalue weighted by Crippen LogP contribution is 2.50. The Hall–Kier alpha value is -4.26. The molecular formula is C32H33N3O4. The minimum atomic E-state index is -1.16. The standard InChI is InChI=1S/C32H33N3O4/c1-5-39-29-22(10-8-12-26(29)38-4)24-18-35-27(36)19-34(17-21-15-13-20(2)14-16-21)31(37)32(35,3)30-28(24)23-9-6-7-11-25(23)33-30/h6-16,24,33H,5,17-19H2,1-4H3/t24-,32-/m0/s1. The van der Waals surface area contributed by atoms with Gasteiger partial charge in [-0.05, 0) is 44.0 Å². The highest BCUT2D eigenvalue weighted by molar-refractivity contribution is 6.01. The lowest BCUT2D eigenvalue weighted by Gasteiger charge is -2.51. The summed E-state index contributed by atoms with van der Waals surface area (Å²) >= 11 is 0. The number of H-pyrrole nitrogens is 1. The van der Waals surface area contributed by atoms with Crippen molar-refractivity contribution in [3.05, 3.63) is 94.7 Å². The molecule has 1 N–H and O–H groups in total. The molecule has 1 saturated heterocycles. The minimum absolute atomic E-state index is 0.0427. The first-order chi connectivity index (χ1) is 18.9. The Balaban J connectivity index is 1.52. The van der Waals surface area contributed by atoms with Gasteiger partial charge in [-0.2, -0.15) is 0 Å². The molecule has 2 amide bonds. The van der Waals surface area contributed by atoms with Crippen molar-refractivity contribution in [2.75, 3.05) is 26.8 Å². The number of nitrogens with zero attached hydrogens (tertiary/aromatic N) is 2. The van der Waals surface area contributed by atoms with E-state index in [1.165, 1.54) is 0 Å². The molecule has 39 heavy (non-hydrogen) atoms. The van der Waals surface area contributed by atoms with Crippen LogP contribution in [0.3, 0.4) is 0 Å². The van der Waals surface area contributed by atoms with Crippen LogP contribution in [0.1, 0.15) is 47.7 Å². The van der Waals surface area contributed by atoms with Gasteiger partial charge in [0.05, 0.1) is 19.4 Å². The van der Waals surface area contributed by atoms with Crippen molar-refractivity contribution in [3.63, 3.8) is 0 Å². The summed E-state index contributed by atoms with van der Waals surface area (Å²) in [5.41, 5.74) is 4.66. The molecule has 7 nitrogen and oxygen atoms in total. The van der Waals surface area contributed by atoms with E-state index in [9.17, 15) is 9.59 Å². The van der Waals surface area contributed by atoms with Crippen LogP contribution in [0.4, 0.5) is 0 Å². The maximum absolute atomic E-state index is 14.3. The third-order valence-electron chi connectivity index (χ3n) is 8.20. The lowest BCUT2D eigenvalue weighted by atomic mass is 9.76. The first kappa shape index (κ1) is 25.0. The summed E-state index contributed by atoms with van der Waals surface area (Å²) in [6.07, 6.45) is 0. The number of methoxy groups -OCH3 is 1. The number of aromatic nitrogens is 1. The summed E-state index contributed by atoms with van der Waals surface area (Å²) in [7, 11) is 1.63. The number of amides is 2. The molecule has 6 rings (SSSR count). The van der Waals surface area contributed by atoms with Gasteiger partial charge >= 0.3 is 0 Å². The van der Waals surface area contributed by atoms with Crippen LogP contribution in [-0.4, -0.2) is 53.4 Å². The maximum atomic E-state index is 14.3. The summed E-state index contributed by atoms with van der Waals surface area (Å²) in [6, 6.07) is 22.1. The fourth-order valence-electron chi connectivity index (χ4n) is 6.27. The molecule has 1 fully saturated rings. The normalized spacial score (nSPS) is 20.7. The number of aromatic amines is 1. The zero-order valence-corrected chi connectivity index (χ0v) is 22.8. The number of benzene rings is 3. The fraction of sp³-hybridized carbons (Fsp3) is 0.312. The molecule has 0 unspecified atom stereocenters. The van der Waals surface area contributed by atoms with E-state index in [2.05, 4.69) is 11.1 Å². The van der Waals surface area contributed by atoms with Gasteiger partial charge in [-0.3, -0.25) is 9.59 Å². The predicted molar refractivity (Wildman–Crippen MR) is 150 cm³/mol. The molecule has 0 radical (unpaired) electrons. The van der Waals surface area contributed by atoms with Gasteiger partial charge in [0.25, 0.3) is 5.91 Å². The summed E-state index contributed by atoms with van der Waals surface area (Å²) < 4.78 is 11.8. The fourth-order valence-corrected chi connectivity index (χ4v) is 6.27. The van der Waals surface area contributed by atoms with Crippen molar-refractivity contribution in [1.29, 1.82) is 0 Å². The van der Waals surface area contributed by atoms with Gasteiger partial charge < -0.3 is 24.3 Å². The number of piperazine rings is 1. The monoisotopic (exact) mass is 523 g/mol. The van der Waals surface area contributed by atoms with Crippen LogP contribution in [0.5, 0.6) is 11.5 Å². The summed E-state index contributed by atoms with van der Waals surface area (Å²) in [5, 5.41) is 1.04. The molecule has 2 aliphatic rings. The van der Waals surface area contributed by atoms with Crippen LogP contribution in [-0.2, 0) is 21.7 Å². The zero-order valence-electron chi connectivity index (χ0n) is 22.8. The van der Waals surface area contributed by atoms with E-state index in [0.717, 1.165) is 38.9 Å². The zero-order chi connectivity index (χ0) is 27.3. The van der Waals surface area contributed by atoms with Crippen molar-refractivity contribution < 1.29 is 19.1 Å². The van der Waals surface area contributed by atoms with Crippen LogP contribution in [0.15, 0.2) is 66.7 Å². The topological polar surface area (TPSA) is 74.9 Å². The second-order valence-corrected chi connectivity index (χ2v) is 10.5. The molecule has 2 aliphatic heterocycles. The number of aryl methyl sites for hydroxylation is 1. The van der Waals surface area contributed by atoms with Gasteiger partial charge in [-0.15, -0.1) is 0 Å². The van der Waals surface area contributed by atoms with Crippen LogP contribution in [0.25, 0.3) is 10.9 Å². The number of hydrogen-bond acceptors (Lipinski definition) is 4. The number of rotatable bonds is 6. The molecule has 0 spiro atoms. The number of ether oxygens (including phenoxy) is 2. The Bertz CT molecular complexity index is 1570. The average molecular weight is 524 g/mol. The highest BCUT2D eigenvalue weighted by atomic mass is 16.5. The maximum Gasteiger partial charge on any atom is 0.255 e. The molecule has 4 aromatic rings. The second-order valence-electron chi connectivity index (χ2n) is 10.5. The van der Waals surface area contributed by atoms with Gasteiger partial charge in [0.15, 0.2) is 17.0 Å². The number of carbonyl (C=O) groups is 2. The Kier molecular flexibility index (Phi) is 6.09. The van der Waals surface area contributed by atoms with Crippen molar-refractivity contribution in [3.8, 4) is 11.5 Å². The Morgan fingerprint density at radius 3 is 2.54 bits per heavy atom. The summed E-state index contributed by atoms with van der Waals surface area (Å²) in [6.45, 7) is 7.13. The van der Waals surface area contributed by atoms with E-state index in [-0.39, 0.29) is 24.3 Å². The summed E-state index contributed by atoms with van der Waals surface area (Å²) in [4.78, 5) is 35.2. The van der Waals surface area contributed by atoms with Gasteiger partial charge in [-0.25, -0.2) is 0 Å². The Morgan fingerprint density at radius 2 is 1.79 bits per heavy atom. The van der Waals surface area contributed by atoms with E-state index in [1.54, 1.807) is 16.9 Å². The molecule has 0 saturated carbocycles. The van der Waals surface area contributed by atoms with Gasteiger partial charge in [0.1, 0.15) is 6.54 Å². The minimum Gasteiger partial charge on any atom is -0.493 e. The van der Waals surface area contributed by atoms with Gasteiger partial charge in [0, 0.05) is 35.5 Å². The number of nitrogens with one attached hydrogen (secondary N) is 1. The first-order valence-electron chi connectivity index (χ1n) is 13.4. The number of hydrogen-bond donors (Lipinski definition) is 1. The van der Waals surface area contributed by atoms with E-state index >= 15 is 0 Å². The molecule has 1 aromatic heterocycles. The van der Waals surface area contributed by atoms with Crippen molar-refractivity contribution in [1.82, 2.24) is 14.8 Å². The van der Waals surface area contributed by atoms with Crippen LogP contribution >= 0.6 is 0 Å². The summed E-state index contributed by atoms with van der Waals surface area (Å²) in [5.74, 6) is 0.962. The predicted octanol–water partition coefficient (Wildman–Crippen LogP) is 5.12. The average Bonchev–Trinajstić information content (AvgIpc) is 3.34. The molecule has 3 heterocycles. The quantitative estimate of drug-likeness (QED) is 0.381. The lowest BCUT2D eigenvalue weighted by Crippen LogP contribution is -2.67. The van der Waals surface area contributed by atoms with Gasteiger partial charge in [0.2, 0.25) is 5.91 Å². The van der Waals surface area contributed by atoms with Crippen LogP contribution < -0.4 is 9.47 Å². The van der Waals surface area contributed by atoms with E-state index in [1.807, 2.05) is 81.4 Å². The Morgan fingerprint density at radius 1 is 1.03 bits per heavy atom. The Labute approximate surface area is 228 Å². The van der Waals surface area contributed by atoms with Crippen LogP contribution in [0, 0.1) is 6.92 Å². The van der Waals surface area contributed by atoms with E-state index in [4.69, 9.17) is 9.47 Å². The highest BCUT2D eigenvalue weighted by Gasteiger charge is 2.56. The van der Waals surface area contributed by atoms with Crippen LogP contribution in [0.2, 0.25) is 0 Å². The molecule has 2 atom stereocenters. The van der Waals surface area contributed by atoms with Crippen molar-refractivity contribution >= 4 is 22.7 Å². The largest absolute Gasteiger partial charge is 0.493 e. The smallest absolute Gasteiger partial charge is 0.255 e. The molecule has 0 bridgehead atoms. The van der Waals surface area contributed by atoms with E-state index < -0.39 is 5.54 Å². The van der Waals surface area contributed by atoms with Crippen molar-refractivity contribution in [2.45, 2.75) is 38.8 Å². The molecule has 3 aromatic carbocycles. The third-order valence-corrected chi connectivity index (χ3v) is 8.20.